The highest BCUT2D eigenvalue weighted by Gasteiger charge is 2.36. The average Bonchev–Trinajstić information content (AvgIpc) is 2.85. The summed E-state index contributed by atoms with van der Waals surface area (Å²) in [6.07, 6.45) is 6.85. The zero-order valence-corrected chi connectivity index (χ0v) is 14.6. The van der Waals surface area contributed by atoms with Gasteiger partial charge in [0.2, 0.25) is 0 Å². The van der Waals surface area contributed by atoms with Gasteiger partial charge in [0.1, 0.15) is 0 Å². The topological polar surface area (TPSA) is 12.5 Å². The molecule has 0 amide bonds. The Hall–Kier alpha value is -2.13. The lowest BCUT2D eigenvalue weighted by Gasteiger charge is -2.34. The summed E-state index contributed by atoms with van der Waals surface area (Å²) in [4.78, 5) is 2.63. The lowest BCUT2D eigenvalue weighted by molar-refractivity contribution is 0.194. The van der Waals surface area contributed by atoms with Gasteiger partial charge in [-0.3, -0.25) is 4.90 Å². The molecule has 1 fully saturated rings. The molecule has 2 aliphatic heterocycles. The molecule has 4 rings (SSSR count). The lowest BCUT2D eigenvalue weighted by Crippen LogP contribution is -2.38. The summed E-state index contributed by atoms with van der Waals surface area (Å²) >= 11 is 0. The Balaban J connectivity index is 1.47. The number of ether oxygens (including phenoxy) is 1. The summed E-state index contributed by atoms with van der Waals surface area (Å²) in [5.41, 5.74) is 3.86. The van der Waals surface area contributed by atoms with Gasteiger partial charge in [0.05, 0.1) is 7.11 Å². The van der Waals surface area contributed by atoms with Crippen LogP contribution < -0.4 is 4.74 Å². The third kappa shape index (κ3) is 3.47. The number of fused-ring (bicyclic) bond motifs is 2. The average molecular weight is 337 g/mol. The van der Waals surface area contributed by atoms with Crippen LogP contribution in [0.1, 0.15) is 30.4 Å². The molecular formula is C22H24FNO. The smallest absolute Gasteiger partial charge is 0.165 e. The van der Waals surface area contributed by atoms with Crippen molar-refractivity contribution >= 4 is 0 Å². The summed E-state index contributed by atoms with van der Waals surface area (Å²) in [6.45, 7) is 1.02. The van der Waals surface area contributed by atoms with Crippen LogP contribution in [-0.4, -0.2) is 24.1 Å². The first-order valence-electron chi connectivity index (χ1n) is 9.04. The van der Waals surface area contributed by atoms with Crippen LogP contribution in [0.3, 0.4) is 0 Å². The van der Waals surface area contributed by atoms with Gasteiger partial charge in [-0.2, -0.15) is 0 Å². The van der Waals surface area contributed by atoms with Gasteiger partial charge in [0.25, 0.3) is 0 Å². The van der Waals surface area contributed by atoms with Crippen molar-refractivity contribution in [1.82, 2.24) is 4.90 Å². The molecular weight excluding hydrogens is 313 g/mol. The van der Waals surface area contributed by atoms with E-state index in [1.54, 1.807) is 12.1 Å². The Labute approximate surface area is 148 Å². The summed E-state index contributed by atoms with van der Waals surface area (Å²) in [5.74, 6) is 0.0422. The molecule has 25 heavy (non-hydrogen) atoms. The standard InChI is InChI=1S/C22H24FNO/c1-25-22-10-7-17(14-21(22)23)11-18-12-19-8-9-20(13-18)24(19)15-16-5-3-2-4-6-16/h2-7,10,12,14,19-20H,8-9,11,13,15H2,1H3. The fraction of sp³-hybridized carbons (Fsp3) is 0.364. The third-order valence-electron chi connectivity index (χ3n) is 5.47. The van der Waals surface area contributed by atoms with E-state index in [-0.39, 0.29) is 5.82 Å². The number of hydrogen-bond donors (Lipinski definition) is 0. The zero-order chi connectivity index (χ0) is 17.2. The van der Waals surface area contributed by atoms with Crippen LogP contribution in [0.4, 0.5) is 4.39 Å². The number of halogens is 1. The van der Waals surface area contributed by atoms with E-state index in [4.69, 9.17) is 4.74 Å². The van der Waals surface area contributed by atoms with Crippen molar-refractivity contribution in [3.05, 3.63) is 77.1 Å². The van der Waals surface area contributed by atoms with E-state index in [0.717, 1.165) is 24.9 Å². The van der Waals surface area contributed by atoms with E-state index in [1.165, 1.54) is 31.1 Å². The number of rotatable bonds is 5. The van der Waals surface area contributed by atoms with Crippen LogP contribution in [0.15, 0.2) is 60.2 Å². The molecule has 2 aromatic carbocycles. The number of benzene rings is 2. The molecule has 2 aliphatic rings. The Bertz CT molecular complexity index is 771. The van der Waals surface area contributed by atoms with Crippen molar-refractivity contribution < 1.29 is 9.13 Å². The summed E-state index contributed by atoms with van der Waals surface area (Å²) in [6, 6.07) is 17.2. The van der Waals surface area contributed by atoms with E-state index in [2.05, 4.69) is 41.3 Å². The van der Waals surface area contributed by atoms with Gasteiger partial charge in [0.15, 0.2) is 11.6 Å². The SMILES string of the molecule is COc1ccc(CC2=CC3CCC(C2)N3Cc2ccccc2)cc1F. The predicted molar refractivity (Wildman–Crippen MR) is 98.2 cm³/mol. The molecule has 1 saturated heterocycles. The van der Waals surface area contributed by atoms with Crippen LogP contribution in [0.5, 0.6) is 5.75 Å². The molecule has 3 heteroatoms. The first-order chi connectivity index (χ1) is 12.2. The summed E-state index contributed by atoms with van der Waals surface area (Å²) < 4.78 is 18.9. The maximum absolute atomic E-state index is 13.9. The largest absolute Gasteiger partial charge is 0.494 e. The molecule has 2 bridgehead atoms. The van der Waals surface area contributed by atoms with Gasteiger partial charge >= 0.3 is 0 Å². The second-order valence-corrected chi connectivity index (χ2v) is 7.13. The van der Waals surface area contributed by atoms with Crippen molar-refractivity contribution in [1.29, 1.82) is 0 Å². The van der Waals surface area contributed by atoms with Crippen LogP contribution in [0.25, 0.3) is 0 Å². The fourth-order valence-electron chi connectivity index (χ4n) is 4.26. The van der Waals surface area contributed by atoms with Crippen molar-refractivity contribution in [2.45, 2.75) is 44.3 Å². The second-order valence-electron chi connectivity index (χ2n) is 7.13. The summed E-state index contributed by atoms with van der Waals surface area (Å²) in [7, 11) is 1.50. The quantitative estimate of drug-likeness (QED) is 0.731. The van der Waals surface area contributed by atoms with Gasteiger partial charge in [-0.05, 0) is 48.9 Å². The van der Waals surface area contributed by atoms with Crippen LogP contribution >= 0.6 is 0 Å². The predicted octanol–water partition coefficient (Wildman–Crippen LogP) is 4.74. The maximum atomic E-state index is 13.9. The Kier molecular flexibility index (Phi) is 4.58. The molecule has 0 radical (unpaired) electrons. The molecule has 2 unspecified atom stereocenters. The number of hydrogen-bond acceptors (Lipinski definition) is 2. The van der Waals surface area contributed by atoms with E-state index in [9.17, 15) is 4.39 Å². The highest BCUT2D eigenvalue weighted by Crippen LogP contribution is 2.37. The number of methoxy groups -OCH3 is 1. The van der Waals surface area contributed by atoms with Gasteiger partial charge in [0, 0.05) is 18.6 Å². The highest BCUT2D eigenvalue weighted by atomic mass is 19.1. The lowest BCUT2D eigenvalue weighted by atomic mass is 9.94. The first kappa shape index (κ1) is 16.3. The zero-order valence-electron chi connectivity index (χ0n) is 14.6. The van der Waals surface area contributed by atoms with Crippen molar-refractivity contribution in [3.8, 4) is 5.75 Å². The van der Waals surface area contributed by atoms with Crippen molar-refractivity contribution in [2.75, 3.05) is 7.11 Å². The molecule has 130 valence electrons. The van der Waals surface area contributed by atoms with E-state index >= 15 is 0 Å². The minimum absolute atomic E-state index is 0.273. The third-order valence-corrected chi connectivity index (χ3v) is 5.47. The molecule has 2 atom stereocenters. The van der Waals surface area contributed by atoms with Crippen molar-refractivity contribution in [3.63, 3.8) is 0 Å². The van der Waals surface area contributed by atoms with Gasteiger partial charge in [-0.1, -0.05) is 48.0 Å². The molecule has 0 N–H and O–H groups in total. The van der Waals surface area contributed by atoms with Gasteiger partial charge in [-0.25, -0.2) is 4.39 Å². The molecule has 0 spiro atoms. The Morgan fingerprint density at radius 3 is 2.64 bits per heavy atom. The Morgan fingerprint density at radius 2 is 1.92 bits per heavy atom. The molecule has 0 aliphatic carbocycles. The normalized spacial score (nSPS) is 22.7. The molecule has 2 aromatic rings. The minimum atomic E-state index is -0.273. The Morgan fingerprint density at radius 1 is 1.08 bits per heavy atom. The van der Waals surface area contributed by atoms with Crippen LogP contribution in [-0.2, 0) is 13.0 Å². The fourth-order valence-corrected chi connectivity index (χ4v) is 4.26. The second kappa shape index (κ2) is 7.01. The monoisotopic (exact) mass is 337 g/mol. The summed E-state index contributed by atoms with van der Waals surface area (Å²) in [5, 5.41) is 0. The van der Waals surface area contributed by atoms with Gasteiger partial charge in [-0.15, -0.1) is 0 Å². The van der Waals surface area contributed by atoms with Crippen LogP contribution in [0.2, 0.25) is 0 Å². The first-order valence-corrected chi connectivity index (χ1v) is 9.04. The maximum Gasteiger partial charge on any atom is 0.165 e. The molecule has 2 heterocycles. The van der Waals surface area contributed by atoms with E-state index < -0.39 is 0 Å². The van der Waals surface area contributed by atoms with E-state index in [0.29, 0.717) is 17.8 Å². The van der Waals surface area contributed by atoms with Crippen LogP contribution in [0, 0.1) is 5.82 Å². The molecule has 0 aromatic heterocycles. The molecule has 2 nitrogen and oxygen atoms in total. The highest BCUT2D eigenvalue weighted by molar-refractivity contribution is 5.33. The molecule has 0 saturated carbocycles. The van der Waals surface area contributed by atoms with Gasteiger partial charge < -0.3 is 4.74 Å². The minimum Gasteiger partial charge on any atom is -0.494 e. The van der Waals surface area contributed by atoms with Crippen molar-refractivity contribution in [2.24, 2.45) is 0 Å². The van der Waals surface area contributed by atoms with E-state index in [1.807, 2.05) is 6.07 Å². The number of nitrogens with zero attached hydrogens (tertiary/aromatic N) is 1.